The molecule has 2 heteroatoms. The van der Waals surface area contributed by atoms with Crippen LogP contribution in [0.2, 0.25) is 0 Å². The van der Waals surface area contributed by atoms with Gasteiger partial charge in [-0.1, -0.05) is 161 Å². The van der Waals surface area contributed by atoms with Crippen molar-refractivity contribution in [2.45, 2.75) is 39.5 Å². The molecule has 7 aromatic carbocycles. The molecule has 0 N–H and O–H groups in total. The Morgan fingerprint density at radius 3 is 1.19 bits per heavy atom. The molecule has 0 aromatic heterocycles. The molecule has 7 aromatic rings. The quantitative estimate of drug-likeness (QED) is 0.111. The molecule has 0 amide bonds. The molecule has 0 spiro atoms. The zero-order valence-electron chi connectivity index (χ0n) is 31.5. The second kappa shape index (κ2) is 17.4. The third kappa shape index (κ3) is 8.97. The van der Waals surface area contributed by atoms with Crippen molar-refractivity contribution in [3.05, 3.63) is 215 Å². The van der Waals surface area contributed by atoms with Crippen LogP contribution in [0.5, 0.6) is 0 Å². The van der Waals surface area contributed by atoms with Crippen molar-refractivity contribution in [3.8, 4) is 0 Å². The SMILES string of the molecule is CCCc1cccc(N(c2ccccc2)c2ccc(C=Cc3ccc(C=Cc4ccc(N(c5ccccc5)c5cccc(C(C)C)c5)cc4)cc3)cc2)c1. The third-order valence-corrected chi connectivity index (χ3v) is 9.71. The number of hydrogen-bond donors (Lipinski definition) is 0. The Hall–Kier alpha value is -6.38. The zero-order chi connectivity index (χ0) is 37.1. The second-order valence-corrected chi connectivity index (χ2v) is 14.0. The molecule has 0 saturated heterocycles. The lowest BCUT2D eigenvalue weighted by molar-refractivity contribution is 0.866. The first-order valence-electron chi connectivity index (χ1n) is 19.1. The predicted molar refractivity (Wildman–Crippen MR) is 235 cm³/mol. The summed E-state index contributed by atoms with van der Waals surface area (Å²) >= 11 is 0. The lowest BCUT2D eigenvalue weighted by Crippen LogP contribution is -2.10. The highest BCUT2D eigenvalue weighted by Crippen LogP contribution is 2.37. The molecular formula is C52H48N2. The van der Waals surface area contributed by atoms with Crippen molar-refractivity contribution in [1.29, 1.82) is 0 Å². The van der Waals surface area contributed by atoms with E-state index < -0.39 is 0 Å². The smallest absolute Gasteiger partial charge is 0.0464 e. The van der Waals surface area contributed by atoms with E-state index in [-0.39, 0.29) is 0 Å². The van der Waals surface area contributed by atoms with Gasteiger partial charge in [-0.15, -0.1) is 0 Å². The number of rotatable bonds is 13. The molecule has 0 aliphatic rings. The Kier molecular flexibility index (Phi) is 11.6. The van der Waals surface area contributed by atoms with E-state index in [2.05, 4.69) is 237 Å². The topological polar surface area (TPSA) is 6.48 Å². The highest BCUT2D eigenvalue weighted by Gasteiger charge is 2.14. The highest BCUT2D eigenvalue weighted by molar-refractivity contribution is 5.80. The maximum atomic E-state index is 2.33. The molecule has 0 heterocycles. The molecule has 0 fully saturated rings. The lowest BCUT2D eigenvalue weighted by atomic mass is 10.0. The summed E-state index contributed by atoms with van der Waals surface area (Å²) in [5, 5.41) is 0. The van der Waals surface area contributed by atoms with E-state index in [1.54, 1.807) is 0 Å². The van der Waals surface area contributed by atoms with Crippen molar-refractivity contribution in [1.82, 2.24) is 0 Å². The minimum atomic E-state index is 0.467. The summed E-state index contributed by atoms with van der Waals surface area (Å²) in [6, 6.07) is 65.3. The minimum Gasteiger partial charge on any atom is -0.310 e. The van der Waals surface area contributed by atoms with Gasteiger partial charge in [-0.05, 0) is 119 Å². The van der Waals surface area contributed by atoms with Gasteiger partial charge in [-0.3, -0.25) is 0 Å². The van der Waals surface area contributed by atoms with Crippen LogP contribution in [0.15, 0.2) is 182 Å². The van der Waals surface area contributed by atoms with Crippen LogP contribution < -0.4 is 9.80 Å². The molecule has 0 unspecified atom stereocenters. The van der Waals surface area contributed by atoms with Gasteiger partial charge >= 0.3 is 0 Å². The first kappa shape index (κ1) is 36.0. The summed E-state index contributed by atoms with van der Waals surface area (Å²) in [4.78, 5) is 4.66. The number of aryl methyl sites for hydroxylation is 1. The van der Waals surface area contributed by atoms with Crippen LogP contribution in [0, 0.1) is 0 Å². The van der Waals surface area contributed by atoms with E-state index in [9.17, 15) is 0 Å². The number of para-hydroxylation sites is 2. The molecule has 0 atom stereocenters. The van der Waals surface area contributed by atoms with Gasteiger partial charge in [0.05, 0.1) is 0 Å². The maximum absolute atomic E-state index is 2.33. The normalized spacial score (nSPS) is 11.4. The van der Waals surface area contributed by atoms with Crippen molar-refractivity contribution in [2.24, 2.45) is 0 Å². The molecule has 54 heavy (non-hydrogen) atoms. The zero-order valence-corrected chi connectivity index (χ0v) is 31.5. The van der Waals surface area contributed by atoms with Crippen molar-refractivity contribution >= 4 is 58.4 Å². The minimum absolute atomic E-state index is 0.467. The van der Waals surface area contributed by atoms with E-state index in [0.717, 1.165) is 46.7 Å². The van der Waals surface area contributed by atoms with Gasteiger partial charge < -0.3 is 9.80 Å². The molecule has 2 nitrogen and oxygen atoms in total. The fourth-order valence-electron chi connectivity index (χ4n) is 6.78. The molecule has 266 valence electrons. The van der Waals surface area contributed by atoms with Gasteiger partial charge in [0.2, 0.25) is 0 Å². The number of hydrogen-bond acceptors (Lipinski definition) is 2. The van der Waals surface area contributed by atoms with Gasteiger partial charge in [0, 0.05) is 34.1 Å². The monoisotopic (exact) mass is 700 g/mol. The van der Waals surface area contributed by atoms with Crippen LogP contribution in [0.25, 0.3) is 24.3 Å². The Morgan fingerprint density at radius 1 is 0.389 bits per heavy atom. The molecule has 0 saturated carbocycles. The van der Waals surface area contributed by atoms with Crippen LogP contribution in [0.1, 0.15) is 66.5 Å². The van der Waals surface area contributed by atoms with Crippen molar-refractivity contribution in [2.75, 3.05) is 9.80 Å². The molecule has 0 radical (unpaired) electrons. The average Bonchev–Trinajstić information content (AvgIpc) is 3.22. The number of anilines is 6. The predicted octanol–water partition coefficient (Wildman–Crippen LogP) is 15.0. The van der Waals surface area contributed by atoms with Gasteiger partial charge in [0.15, 0.2) is 0 Å². The van der Waals surface area contributed by atoms with E-state index in [1.165, 1.54) is 33.6 Å². The Morgan fingerprint density at radius 2 is 0.759 bits per heavy atom. The fraction of sp³-hybridized carbons (Fsp3) is 0.115. The van der Waals surface area contributed by atoms with Crippen LogP contribution in [0.4, 0.5) is 34.1 Å². The number of benzene rings is 7. The van der Waals surface area contributed by atoms with Gasteiger partial charge in [0.1, 0.15) is 0 Å². The van der Waals surface area contributed by atoms with Crippen LogP contribution in [0.3, 0.4) is 0 Å². The molecule has 0 aliphatic carbocycles. The number of nitrogens with zero attached hydrogens (tertiary/aromatic N) is 2. The summed E-state index contributed by atoms with van der Waals surface area (Å²) in [5.74, 6) is 0.467. The van der Waals surface area contributed by atoms with Crippen LogP contribution in [-0.2, 0) is 6.42 Å². The largest absolute Gasteiger partial charge is 0.310 e. The molecule has 0 bridgehead atoms. The first-order valence-corrected chi connectivity index (χ1v) is 19.1. The Bertz CT molecular complexity index is 2280. The summed E-state index contributed by atoms with van der Waals surface area (Å²) in [6.45, 7) is 6.71. The second-order valence-electron chi connectivity index (χ2n) is 14.0. The van der Waals surface area contributed by atoms with Gasteiger partial charge in [0.25, 0.3) is 0 Å². The molecular weight excluding hydrogens is 653 g/mol. The standard InChI is InChI=1S/C52H48N2/c1-4-13-45-14-11-20-51(38-45)53(47-16-7-5-8-17-47)49-34-30-43(31-35-49)28-26-41-22-24-42(25-23-41)27-29-44-32-36-50(37-33-44)54(48-18-9-6-10-19-48)52-21-12-15-46(39-52)40(2)3/h5-12,14-40H,4,13H2,1-3H3. The van der Waals surface area contributed by atoms with Crippen molar-refractivity contribution < 1.29 is 0 Å². The van der Waals surface area contributed by atoms with E-state index >= 15 is 0 Å². The lowest BCUT2D eigenvalue weighted by Gasteiger charge is -2.26. The molecule has 7 rings (SSSR count). The van der Waals surface area contributed by atoms with Crippen LogP contribution in [-0.4, -0.2) is 0 Å². The first-order chi connectivity index (χ1) is 26.5. The average molecular weight is 701 g/mol. The maximum Gasteiger partial charge on any atom is 0.0464 e. The van der Waals surface area contributed by atoms with Crippen LogP contribution >= 0.6 is 0 Å². The van der Waals surface area contributed by atoms with Gasteiger partial charge in [-0.25, -0.2) is 0 Å². The Balaban J connectivity index is 1.02. The van der Waals surface area contributed by atoms with E-state index in [1.807, 2.05) is 0 Å². The summed E-state index contributed by atoms with van der Waals surface area (Å²) in [6.07, 6.45) is 10.9. The Labute approximate surface area is 322 Å². The third-order valence-electron chi connectivity index (χ3n) is 9.71. The van der Waals surface area contributed by atoms with E-state index in [0.29, 0.717) is 5.92 Å². The summed E-state index contributed by atoms with van der Waals surface area (Å²) < 4.78 is 0. The van der Waals surface area contributed by atoms with Crippen molar-refractivity contribution in [3.63, 3.8) is 0 Å². The summed E-state index contributed by atoms with van der Waals surface area (Å²) in [7, 11) is 0. The highest BCUT2D eigenvalue weighted by atomic mass is 15.1. The fourth-order valence-corrected chi connectivity index (χ4v) is 6.78. The van der Waals surface area contributed by atoms with E-state index in [4.69, 9.17) is 0 Å². The van der Waals surface area contributed by atoms with Gasteiger partial charge in [-0.2, -0.15) is 0 Å². The summed E-state index contributed by atoms with van der Waals surface area (Å²) in [5.41, 5.74) is 14.3. The molecule has 0 aliphatic heterocycles.